The molecule has 0 unspecified atom stereocenters. The first-order valence-corrected chi connectivity index (χ1v) is 4.55. The van der Waals surface area contributed by atoms with Crippen molar-refractivity contribution < 1.29 is 14.3 Å². The van der Waals surface area contributed by atoms with Crippen LogP contribution in [0.25, 0.3) is 0 Å². The Morgan fingerprint density at radius 1 is 1.67 bits per heavy atom. The van der Waals surface area contributed by atoms with E-state index in [-0.39, 0.29) is 12.5 Å². The maximum absolute atomic E-state index is 11.1. The number of hydrogen-bond donors (Lipinski definition) is 1. The SMILES string of the molecule is COC(=O)CN1COc2cc(N)ccc21. The van der Waals surface area contributed by atoms with Crippen molar-refractivity contribution in [3.8, 4) is 5.75 Å². The first kappa shape index (κ1) is 9.64. The van der Waals surface area contributed by atoms with Gasteiger partial charge in [-0.05, 0) is 12.1 Å². The molecule has 2 rings (SSSR count). The first-order valence-electron chi connectivity index (χ1n) is 4.55. The van der Waals surface area contributed by atoms with Gasteiger partial charge in [-0.3, -0.25) is 4.79 Å². The van der Waals surface area contributed by atoms with E-state index < -0.39 is 0 Å². The zero-order valence-corrected chi connectivity index (χ0v) is 8.40. The van der Waals surface area contributed by atoms with Gasteiger partial charge in [-0.15, -0.1) is 0 Å². The third-order valence-corrected chi connectivity index (χ3v) is 2.25. The van der Waals surface area contributed by atoms with Crippen LogP contribution in [0.2, 0.25) is 0 Å². The maximum atomic E-state index is 11.1. The highest BCUT2D eigenvalue weighted by molar-refractivity contribution is 5.78. The Morgan fingerprint density at radius 3 is 3.20 bits per heavy atom. The average molecular weight is 208 g/mol. The summed E-state index contributed by atoms with van der Waals surface area (Å²) in [6.07, 6.45) is 0. The molecule has 0 radical (unpaired) electrons. The number of methoxy groups -OCH3 is 1. The number of anilines is 2. The second-order valence-electron chi connectivity index (χ2n) is 3.27. The molecule has 0 aromatic heterocycles. The van der Waals surface area contributed by atoms with E-state index in [1.54, 1.807) is 17.0 Å². The summed E-state index contributed by atoms with van der Waals surface area (Å²) in [5, 5.41) is 0. The number of carbonyl (C=O) groups excluding carboxylic acids is 1. The molecule has 5 nitrogen and oxygen atoms in total. The van der Waals surface area contributed by atoms with E-state index in [4.69, 9.17) is 10.5 Å². The van der Waals surface area contributed by atoms with Gasteiger partial charge in [-0.25, -0.2) is 0 Å². The molecule has 15 heavy (non-hydrogen) atoms. The van der Waals surface area contributed by atoms with Crippen molar-refractivity contribution in [3.05, 3.63) is 18.2 Å². The quantitative estimate of drug-likeness (QED) is 0.569. The van der Waals surface area contributed by atoms with Crippen LogP contribution in [0.3, 0.4) is 0 Å². The number of ether oxygens (including phenoxy) is 2. The molecule has 0 atom stereocenters. The molecule has 0 bridgehead atoms. The lowest BCUT2D eigenvalue weighted by Gasteiger charge is -2.14. The van der Waals surface area contributed by atoms with E-state index in [1.165, 1.54) is 7.11 Å². The van der Waals surface area contributed by atoms with Crippen molar-refractivity contribution in [1.29, 1.82) is 0 Å². The fourth-order valence-electron chi connectivity index (χ4n) is 1.48. The summed E-state index contributed by atoms with van der Waals surface area (Å²) >= 11 is 0. The normalized spacial score (nSPS) is 13.3. The number of benzene rings is 1. The summed E-state index contributed by atoms with van der Waals surface area (Å²) in [5.41, 5.74) is 7.13. The molecule has 2 N–H and O–H groups in total. The average Bonchev–Trinajstić information content (AvgIpc) is 2.60. The number of fused-ring (bicyclic) bond motifs is 1. The standard InChI is InChI=1S/C10H12N2O3/c1-14-10(13)5-12-6-15-9-4-7(11)2-3-8(9)12/h2-4H,5-6,11H2,1H3. The molecule has 0 amide bonds. The highest BCUT2D eigenvalue weighted by atomic mass is 16.5. The lowest BCUT2D eigenvalue weighted by Crippen LogP contribution is -2.29. The van der Waals surface area contributed by atoms with Gasteiger partial charge >= 0.3 is 5.97 Å². The van der Waals surface area contributed by atoms with E-state index >= 15 is 0 Å². The highest BCUT2D eigenvalue weighted by Crippen LogP contribution is 2.34. The molecule has 1 aromatic carbocycles. The molecule has 1 heterocycles. The van der Waals surface area contributed by atoms with Crippen LogP contribution in [0, 0.1) is 0 Å². The van der Waals surface area contributed by atoms with Gasteiger partial charge in [0.1, 0.15) is 12.3 Å². The first-order chi connectivity index (χ1) is 7.20. The molecule has 0 saturated heterocycles. The zero-order valence-electron chi connectivity index (χ0n) is 8.40. The van der Waals surface area contributed by atoms with Gasteiger partial charge in [-0.1, -0.05) is 0 Å². The van der Waals surface area contributed by atoms with Crippen molar-refractivity contribution in [3.63, 3.8) is 0 Å². The van der Waals surface area contributed by atoms with Crippen LogP contribution in [-0.4, -0.2) is 26.4 Å². The molecule has 80 valence electrons. The molecular formula is C10H12N2O3. The van der Waals surface area contributed by atoms with Gasteiger partial charge in [0, 0.05) is 11.8 Å². The van der Waals surface area contributed by atoms with Gasteiger partial charge in [-0.2, -0.15) is 0 Å². The van der Waals surface area contributed by atoms with Crippen LogP contribution < -0.4 is 15.4 Å². The lowest BCUT2D eigenvalue weighted by atomic mass is 10.2. The lowest BCUT2D eigenvalue weighted by molar-refractivity contribution is -0.139. The largest absolute Gasteiger partial charge is 0.471 e. The van der Waals surface area contributed by atoms with Gasteiger partial charge < -0.3 is 20.1 Å². The van der Waals surface area contributed by atoms with Crippen LogP contribution in [0.5, 0.6) is 5.75 Å². The zero-order chi connectivity index (χ0) is 10.8. The summed E-state index contributed by atoms with van der Waals surface area (Å²) < 4.78 is 9.97. The minimum Gasteiger partial charge on any atom is -0.471 e. The maximum Gasteiger partial charge on any atom is 0.325 e. The third-order valence-electron chi connectivity index (χ3n) is 2.25. The Labute approximate surface area is 87.4 Å². The van der Waals surface area contributed by atoms with Crippen molar-refractivity contribution in [2.75, 3.05) is 31.0 Å². The summed E-state index contributed by atoms with van der Waals surface area (Å²) in [6.45, 7) is 0.543. The minimum atomic E-state index is -0.289. The van der Waals surface area contributed by atoms with E-state index in [0.717, 1.165) is 5.69 Å². The van der Waals surface area contributed by atoms with Gasteiger partial charge in [0.25, 0.3) is 0 Å². The van der Waals surface area contributed by atoms with Gasteiger partial charge in [0.15, 0.2) is 6.73 Å². The Bertz CT molecular complexity index is 392. The number of hydrogen-bond acceptors (Lipinski definition) is 5. The molecule has 1 aromatic rings. The minimum absolute atomic E-state index is 0.188. The molecule has 0 spiro atoms. The smallest absolute Gasteiger partial charge is 0.325 e. The van der Waals surface area contributed by atoms with Crippen LogP contribution >= 0.6 is 0 Å². The number of carbonyl (C=O) groups is 1. The number of rotatable bonds is 2. The molecule has 1 aliphatic heterocycles. The van der Waals surface area contributed by atoms with Gasteiger partial charge in [0.05, 0.1) is 12.8 Å². The number of nitrogens with zero attached hydrogens (tertiary/aromatic N) is 1. The van der Waals surface area contributed by atoms with Crippen LogP contribution in [0.4, 0.5) is 11.4 Å². The Kier molecular flexibility index (Phi) is 2.37. The number of nitrogens with two attached hydrogens (primary N) is 1. The predicted octanol–water partition coefficient (Wildman–Crippen LogP) is 0.598. The van der Waals surface area contributed by atoms with E-state index in [1.807, 2.05) is 6.07 Å². The Morgan fingerprint density at radius 2 is 2.47 bits per heavy atom. The number of esters is 1. The molecule has 0 saturated carbocycles. The summed E-state index contributed by atoms with van der Waals surface area (Å²) in [5.74, 6) is 0.419. The van der Waals surface area contributed by atoms with Crippen molar-refractivity contribution in [2.24, 2.45) is 0 Å². The molecular weight excluding hydrogens is 196 g/mol. The molecule has 0 aliphatic carbocycles. The van der Waals surface area contributed by atoms with E-state index in [2.05, 4.69) is 4.74 Å². The van der Waals surface area contributed by atoms with E-state index in [0.29, 0.717) is 18.2 Å². The second-order valence-corrected chi connectivity index (χ2v) is 3.27. The van der Waals surface area contributed by atoms with Crippen LogP contribution in [-0.2, 0) is 9.53 Å². The van der Waals surface area contributed by atoms with Crippen LogP contribution in [0.1, 0.15) is 0 Å². The monoisotopic (exact) mass is 208 g/mol. The van der Waals surface area contributed by atoms with Gasteiger partial charge in [0.2, 0.25) is 0 Å². The van der Waals surface area contributed by atoms with Crippen LogP contribution in [0.15, 0.2) is 18.2 Å². The topological polar surface area (TPSA) is 64.8 Å². The number of nitrogen functional groups attached to an aromatic ring is 1. The summed E-state index contributed by atoms with van der Waals surface area (Å²) in [7, 11) is 1.36. The molecule has 5 heteroatoms. The summed E-state index contributed by atoms with van der Waals surface area (Å²) in [6, 6.07) is 5.35. The van der Waals surface area contributed by atoms with Crippen molar-refractivity contribution in [2.45, 2.75) is 0 Å². The van der Waals surface area contributed by atoms with E-state index in [9.17, 15) is 4.79 Å². The Balaban J connectivity index is 2.18. The summed E-state index contributed by atoms with van der Waals surface area (Å²) in [4.78, 5) is 12.9. The fourth-order valence-corrected chi connectivity index (χ4v) is 1.48. The van der Waals surface area contributed by atoms with Crippen molar-refractivity contribution in [1.82, 2.24) is 0 Å². The Hall–Kier alpha value is -1.91. The second kappa shape index (κ2) is 3.68. The molecule has 0 fully saturated rings. The fraction of sp³-hybridized carbons (Fsp3) is 0.300. The predicted molar refractivity (Wildman–Crippen MR) is 55.7 cm³/mol. The molecule has 1 aliphatic rings. The highest BCUT2D eigenvalue weighted by Gasteiger charge is 2.22. The van der Waals surface area contributed by atoms with Crippen molar-refractivity contribution >= 4 is 17.3 Å². The third kappa shape index (κ3) is 1.81.